The van der Waals surface area contributed by atoms with Gasteiger partial charge in [-0.15, -0.1) is 6.58 Å². The van der Waals surface area contributed by atoms with Gasteiger partial charge < -0.3 is 9.84 Å². The molecule has 2 rings (SSSR count). The lowest BCUT2D eigenvalue weighted by Gasteiger charge is -2.09. The summed E-state index contributed by atoms with van der Waals surface area (Å²) in [5.74, 6) is 1.26. The molecule has 1 heterocycles. The van der Waals surface area contributed by atoms with E-state index in [4.69, 9.17) is 17.0 Å². The Morgan fingerprint density at radius 2 is 2.32 bits per heavy atom. The molecule has 0 atom stereocenters. The third kappa shape index (κ3) is 3.25. The van der Waals surface area contributed by atoms with Crippen LogP contribution in [0.1, 0.15) is 23.9 Å². The quantitative estimate of drug-likeness (QED) is 0.488. The molecular weight excluding hydrogens is 300 g/mol. The van der Waals surface area contributed by atoms with Gasteiger partial charge in [0, 0.05) is 12.0 Å². The molecule has 0 fully saturated rings. The number of hydrogen-bond donors (Lipinski definition) is 2. The zero-order chi connectivity index (χ0) is 16.1. The maximum absolute atomic E-state index is 10.1. The predicted molar refractivity (Wildman–Crippen MR) is 88.3 cm³/mol. The van der Waals surface area contributed by atoms with Gasteiger partial charge in [0.2, 0.25) is 4.77 Å². The van der Waals surface area contributed by atoms with Gasteiger partial charge in [0.05, 0.1) is 13.3 Å². The van der Waals surface area contributed by atoms with E-state index >= 15 is 0 Å². The zero-order valence-electron chi connectivity index (χ0n) is 12.5. The maximum Gasteiger partial charge on any atom is 0.216 e. The van der Waals surface area contributed by atoms with Crippen molar-refractivity contribution in [2.24, 2.45) is 5.10 Å². The lowest BCUT2D eigenvalue weighted by molar-refractivity contribution is 0.371. The van der Waals surface area contributed by atoms with Crippen molar-refractivity contribution in [2.45, 2.75) is 19.8 Å². The van der Waals surface area contributed by atoms with E-state index in [1.807, 2.05) is 13.0 Å². The monoisotopic (exact) mass is 318 g/mol. The van der Waals surface area contributed by atoms with Crippen LogP contribution in [-0.2, 0) is 12.8 Å². The Labute approximate surface area is 133 Å². The van der Waals surface area contributed by atoms with Gasteiger partial charge in [-0.25, -0.2) is 0 Å². The number of hydrogen-bond acceptors (Lipinski definition) is 5. The van der Waals surface area contributed by atoms with Crippen molar-refractivity contribution in [3.63, 3.8) is 0 Å². The summed E-state index contributed by atoms with van der Waals surface area (Å²) in [5, 5.41) is 21.2. The highest BCUT2D eigenvalue weighted by molar-refractivity contribution is 7.71. The minimum Gasteiger partial charge on any atom is -0.504 e. The number of aromatic nitrogens is 3. The van der Waals surface area contributed by atoms with E-state index in [-0.39, 0.29) is 5.75 Å². The normalized spacial score (nSPS) is 11.0. The second-order valence-electron chi connectivity index (χ2n) is 4.58. The molecule has 22 heavy (non-hydrogen) atoms. The molecule has 0 radical (unpaired) electrons. The van der Waals surface area contributed by atoms with Crippen LogP contribution < -0.4 is 4.74 Å². The highest BCUT2D eigenvalue weighted by Crippen LogP contribution is 2.31. The molecule has 0 saturated heterocycles. The summed E-state index contributed by atoms with van der Waals surface area (Å²) in [6.07, 6.45) is 4.62. The van der Waals surface area contributed by atoms with Gasteiger partial charge in [-0.05, 0) is 36.3 Å². The van der Waals surface area contributed by atoms with E-state index in [0.717, 1.165) is 17.0 Å². The number of rotatable bonds is 6. The molecule has 0 aliphatic rings. The van der Waals surface area contributed by atoms with Gasteiger partial charge in [-0.2, -0.15) is 14.9 Å². The van der Waals surface area contributed by atoms with Crippen LogP contribution in [0.15, 0.2) is 29.9 Å². The number of H-pyrrole nitrogens is 1. The average Bonchev–Trinajstić information content (AvgIpc) is 2.88. The molecule has 0 aliphatic heterocycles. The standard InChI is InChI=1S/C15H18N4O2S/c1-4-6-11-7-10(8-12(21-3)14(11)20)9-16-19-13(5-2)17-18-15(19)22/h4,7-9,20H,1,5-6H2,2-3H3,(H,18,22)/b16-9-. The van der Waals surface area contributed by atoms with E-state index < -0.39 is 0 Å². The Morgan fingerprint density at radius 1 is 1.55 bits per heavy atom. The summed E-state index contributed by atoms with van der Waals surface area (Å²) in [5.41, 5.74) is 1.51. The molecule has 116 valence electrons. The van der Waals surface area contributed by atoms with E-state index in [1.165, 1.54) is 7.11 Å². The Hall–Kier alpha value is -2.41. The van der Waals surface area contributed by atoms with E-state index in [1.54, 1.807) is 23.0 Å². The van der Waals surface area contributed by atoms with E-state index in [0.29, 0.717) is 23.4 Å². The summed E-state index contributed by atoms with van der Waals surface area (Å²) in [6, 6.07) is 3.54. The topological polar surface area (TPSA) is 75.4 Å². The minimum atomic E-state index is 0.119. The lowest BCUT2D eigenvalue weighted by Crippen LogP contribution is -1.98. The second-order valence-corrected chi connectivity index (χ2v) is 4.97. The predicted octanol–water partition coefficient (Wildman–Crippen LogP) is 2.83. The molecule has 0 spiro atoms. The maximum atomic E-state index is 10.1. The summed E-state index contributed by atoms with van der Waals surface area (Å²) < 4.78 is 7.19. The van der Waals surface area contributed by atoms with Crippen LogP contribution in [0, 0.1) is 4.77 Å². The fourth-order valence-corrected chi connectivity index (χ4v) is 2.23. The van der Waals surface area contributed by atoms with Gasteiger partial charge in [0.1, 0.15) is 0 Å². The molecule has 0 bridgehead atoms. The number of allylic oxidation sites excluding steroid dienone is 1. The largest absolute Gasteiger partial charge is 0.504 e. The zero-order valence-corrected chi connectivity index (χ0v) is 13.4. The molecule has 7 heteroatoms. The summed E-state index contributed by atoms with van der Waals surface area (Å²) in [4.78, 5) is 0. The molecule has 2 N–H and O–H groups in total. The van der Waals surface area contributed by atoms with Crippen molar-refractivity contribution in [1.82, 2.24) is 14.9 Å². The number of methoxy groups -OCH3 is 1. The average molecular weight is 318 g/mol. The molecule has 6 nitrogen and oxygen atoms in total. The first-order valence-electron chi connectivity index (χ1n) is 6.82. The van der Waals surface area contributed by atoms with Gasteiger partial charge in [-0.3, -0.25) is 5.10 Å². The number of benzene rings is 1. The Kier molecular flexibility index (Phi) is 5.11. The van der Waals surface area contributed by atoms with Crippen molar-refractivity contribution >= 4 is 18.4 Å². The molecule has 1 aromatic heterocycles. The van der Waals surface area contributed by atoms with Gasteiger partial charge in [0.15, 0.2) is 17.3 Å². The first-order valence-corrected chi connectivity index (χ1v) is 7.23. The number of ether oxygens (including phenoxy) is 1. The smallest absolute Gasteiger partial charge is 0.216 e. The number of aryl methyl sites for hydroxylation is 1. The summed E-state index contributed by atoms with van der Waals surface area (Å²) in [6.45, 7) is 5.66. The van der Waals surface area contributed by atoms with Crippen molar-refractivity contribution in [3.05, 3.63) is 46.5 Å². The van der Waals surface area contributed by atoms with Gasteiger partial charge >= 0.3 is 0 Å². The van der Waals surface area contributed by atoms with Crippen molar-refractivity contribution in [2.75, 3.05) is 7.11 Å². The fraction of sp³-hybridized carbons (Fsp3) is 0.267. The number of nitrogens with one attached hydrogen (secondary N) is 1. The minimum absolute atomic E-state index is 0.119. The summed E-state index contributed by atoms with van der Waals surface area (Å²) >= 11 is 5.14. The molecule has 2 aromatic rings. The Morgan fingerprint density at radius 3 is 2.95 bits per heavy atom. The third-order valence-corrected chi connectivity index (χ3v) is 3.38. The Bertz CT molecular complexity index is 761. The molecular formula is C15H18N4O2S. The van der Waals surface area contributed by atoms with Gasteiger partial charge in [0.25, 0.3) is 0 Å². The lowest BCUT2D eigenvalue weighted by atomic mass is 10.1. The number of phenolic OH excluding ortho intramolecular Hbond substituents is 1. The van der Waals surface area contributed by atoms with Crippen molar-refractivity contribution < 1.29 is 9.84 Å². The number of aromatic amines is 1. The van der Waals surface area contributed by atoms with Crippen molar-refractivity contribution in [1.29, 1.82) is 0 Å². The fourth-order valence-electron chi connectivity index (χ4n) is 2.03. The first-order chi connectivity index (χ1) is 10.6. The van der Waals surface area contributed by atoms with E-state index in [9.17, 15) is 5.11 Å². The van der Waals surface area contributed by atoms with Gasteiger partial charge in [-0.1, -0.05) is 13.0 Å². The molecule has 0 amide bonds. The third-order valence-electron chi connectivity index (χ3n) is 3.12. The molecule has 0 aliphatic carbocycles. The highest BCUT2D eigenvalue weighted by Gasteiger charge is 2.09. The first kappa shape index (κ1) is 16.0. The van der Waals surface area contributed by atoms with Crippen molar-refractivity contribution in [3.8, 4) is 11.5 Å². The van der Waals surface area contributed by atoms with Crippen LogP contribution in [-0.4, -0.2) is 33.3 Å². The van der Waals surface area contributed by atoms with Crippen LogP contribution in [0.5, 0.6) is 11.5 Å². The molecule has 1 aromatic carbocycles. The number of phenols is 1. The van der Waals surface area contributed by atoms with E-state index in [2.05, 4.69) is 21.9 Å². The Balaban J connectivity index is 2.42. The van der Waals surface area contributed by atoms with Crippen LogP contribution in [0.25, 0.3) is 0 Å². The highest BCUT2D eigenvalue weighted by atomic mass is 32.1. The number of nitrogens with zero attached hydrogens (tertiary/aromatic N) is 3. The second kappa shape index (κ2) is 7.04. The SMILES string of the molecule is C=CCc1cc(/C=N\n2c(CC)n[nH]c2=S)cc(OC)c1O. The molecule has 0 unspecified atom stereocenters. The van der Waals surface area contributed by atoms with Crippen LogP contribution in [0.3, 0.4) is 0 Å². The van der Waals surface area contributed by atoms with Crippen LogP contribution >= 0.6 is 12.2 Å². The van der Waals surface area contributed by atoms with Crippen LogP contribution in [0.2, 0.25) is 0 Å². The molecule has 0 saturated carbocycles. The summed E-state index contributed by atoms with van der Waals surface area (Å²) in [7, 11) is 1.51. The number of aromatic hydroxyl groups is 1. The van der Waals surface area contributed by atoms with Crippen LogP contribution in [0.4, 0.5) is 0 Å².